The fraction of sp³-hybridized carbons (Fsp3) is 0.263. The number of aliphatic imine (C=N–C) groups is 1. The maximum Gasteiger partial charge on any atom is 0.244 e. The Balaban J connectivity index is 0.00000243. The number of methoxy groups -OCH3 is 1. The van der Waals surface area contributed by atoms with Crippen molar-refractivity contribution < 1.29 is 9.53 Å². The Hall–Kier alpha value is -2.29. The third kappa shape index (κ3) is 4.87. The van der Waals surface area contributed by atoms with Crippen molar-refractivity contribution in [3.05, 3.63) is 59.7 Å². The number of halogens is 1. The molecule has 2 aromatic rings. The summed E-state index contributed by atoms with van der Waals surface area (Å²) >= 11 is 0. The van der Waals surface area contributed by atoms with E-state index in [2.05, 4.69) is 22.4 Å². The van der Waals surface area contributed by atoms with Crippen LogP contribution in [0, 0.1) is 0 Å². The van der Waals surface area contributed by atoms with E-state index in [1.807, 2.05) is 41.3 Å². The van der Waals surface area contributed by atoms with E-state index in [4.69, 9.17) is 10.5 Å². The van der Waals surface area contributed by atoms with Crippen LogP contribution in [0.2, 0.25) is 0 Å². The van der Waals surface area contributed by atoms with E-state index in [9.17, 15) is 4.79 Å². The predicted molar refractivity (Wildman–Crippen MR) is 114 cm³/mol. The molecule has 7 heteroatoms. The van der Waals surface area contributed by atoms with Crippen molar-refractivity contribution in [2.24, 2.45) is 10.7 Å². The second-order valence-electron chi connectivity index (χ2n) is 5.86. The summed E-state index contributed by atoms with van der Waals surface area (Å²) in [5, 5.41) is 2.97. The standard InChI is InChI=1S/C19H22N4O2.HI/c1-25-17-9-5-4-8-16(17)22-19(20)21-12-18(24)23-11-10-14-6-2-3-7-15(14)13-23;/h2-9H,10-13H2,1H3,(H3,20,21,22);1H. The van der Waals surface area contributed by atoms with Crippen molar-refractivity contribution >= 4 is 41.5 Å². The van der Waals surface area contributed by atoms with Crippen LogP contribution in [0.15, 0.2) is 53.5 Å². The van der Waals surface area contributed by atoms with Gasteiger partial charge in [0.05, 0.1) is 12.8 Å². The molecule has 138 valence electrons. The lowest BCUT2D eigenvalue weighted by atomic mass is 10.00. The van der Waals surface area contributed by atoms with E-state index >= 15 is 0 Å². The van der Waals surface area contributed by atoms with Crippen molar-refractivity contribution in [3.8, 4) is 5.75 Å². The molecule has 0 spiro atoms. The summed E-state index contributed by atoms with van der Waals surface area (Å²) < 4.78 is 5.25. The fourth-order valence-corrected chi connectivity index (χ4v) is 2.89. The zero-order chi connectivity index (χ0) is 17.6. The lowest BCUT2D eigenvalue weighted by Gasteiger charge is -2.28. The number of ether oxygens (including phenoxy) is 1. The van der Waals surface area contributed by atoms with Gasteiger partial charge in [-0.3, -0.25) is 4.79 Å². The third-order valence-corrected chi connectivity index (χ3v) is 4.24. The Bertz CT molecular complexity index is 795. The molecule has 0 bridgehead atoms. The first-order valence-electron chi connectivity index (χ1n) is 8.22. The maximum atomic E-state index is 12.4. The zero-order valence-electron chi connectivity index (χ0n) is 14.6. The summed E-state index contributed by atoms with van der Waals surface area (Å²) in [4.78, 5) is 18.4. The topological polar surface area (TPSA) is 80.0 Å². The molecule has 0 aromatic heterocycles. The highest BCUT2D eigenvalue weighted by molar-refractivity contribution is 14.0. The van der Waals surface area contributed by atoms with E-state index in [-0.39, 0.29) is 42.4 Å². The Morgan fingerprint density at radius 2 is 1.88 bits per heavy atom. The molecule has 0 unspecified atom stereocenters. The highest BCUT2D eigenvalue weighted by Crippen LogP contribution is 2.22. The molecule has 1 aliphatic rings. The van der Waals surface area contributed by atoms with Crippen LogP contribution >= 0.6 is 24.0 Å². The van der Waals surface area contributed by atoms with Crippen LogP contribution in [-0.4, -0.2) is 37.0 Å². The number of guanidine groups is 1. The molecule has 2 aromatic carbocycles. The molecule has 0 saturated heterocycles. The molecule has 26 heavy (non-hydrogen) atoms. The van der Waals surface area contributed by atoms with Gasteiger partial charge in [0.2, 0.25) is 5.91 Å². The fourth-order valence-electron chi connectivity index (χ4n) is 2.89. The second-order valence-corrected chi connectivity index (χ2v) is 5.86. The van der Waals surface area contributed by atoms with Gasteiger partial charge in [0.15, 0.2) is 5.96 Å². The van der Waals surface area contributed by atoms with Crippen molar-refractivity contribution in [3.63, 3.8) is 0 Å². The van der Waals surface area contributed by atoms with E-state index < -0.39 is 0 Å². The summed E-state index contributed by atoms with van der Waals surface area (Å²) in [6, 6.07) is 15.6. The van der Waals surface area contributed by atoms with Gasteiger partial charge in [-0.1, -0.05) is 36.4 Å². The molecule has 0 aliphatic carbocycles. The number of carbonyl (C=O) groups is 1. The van der Waals surface area contributed by atoms with Crippen molar-refractivity contribution in [2.45, 2.75) is 13.0 Å². The second kappa shape index (κ2) is 9.42. The molecular formula is C19H23IN4O2. The van der Waals surface area contributed by atoms with Gasteiger partial charge in [-0.25, -0.2) is 4.99 Å². The van der Waals surface area contributed by atoms with Gasteiger partial charge >= 0.3 is 0 Å². The molecule has 1 aliphatic heterocycles. The molecule has 1 heterocycles. The average molecular weight is 466 g/mol. The molecule has 3 rings (SSSR count). The summed E-state index contributed by atoms with van der Waals surface area (Å²) in [5.41, 5.74) is 9.12. The minimum atomic E-state index is -0.0284. The normalized spacial score (nSPS) is 13.4. The largest absolute Gasteiger partial charge is 0.495 e. The predicted octanol–water partition coefficient (Wildman–Crippen LogP) is 2.62. The van der Waals surface area contributed by atoms with Gasteiger partial charge in [-0.15, -0.1) is 24.0 Å². The van der Waals surface area contributed by atoms with Crippen LogP contribution < -0.4 is 15.8 Å². The molecule has 6 nitrogen and oxygen atoms in total. The third-order valence-electron chi connectivity index (χ3n) is 4.24. The van der Waals surface area contributed by atoms with Gasteiger partial charge in [-0.05, 0) is 29.7 Å². The first-order valence-corrected chi connectivity index (χ1v) is 8.22. The van der Waals surface area contributed by atoms with Crippen molar-refractivity contribution in [1.82, 2.24) is 4.90 Å². The van der Waals surface area contributed by atoms with Crippen LogP contribution in [0.1, 0.15) is 11.1 Å². The SMILES string of the molecule is COc1ccccc1NC(N)=NCC(=O)N1CCc2ccccc2C1.I. The van der Waals surface area contributed by atoms with Crippen LogP contribution in [0.5, 0.6) is 5.75 Å². The van der Waals surface area contributed by atoms with Gasteiger partial charge in [0, 0.05) is 13.1 Å². The number of rotatable bonds is 4. The number of anilines is 1. The minimum Gasteiger partial charge on any atom is -0.495 e. The summed E-state index contributed by atoms with van der Waals surface area (Å²) in [7, 11) is 1.59. The molecule has 3 N–H and O–H groups in total. The summed E-state index contributed by atoms with van der Waals surface area (Å²) in [6.07, 6.45) is 0.876. The lowest BCUT2D eigenvalue weighted by molar-refractivity contribution is -0.130. The van der Waals surface area contributed by atoms with Crippen LogP contribution in [-0.2, 0) is 17.8 Å². The highest BCUT2D eigenvalue weighted by atomic mass is 127. The summed E-state index contributed by atoms with van der Waals surface area (Å²) in [6.45, 7) is 1.37. The molecular weight excluding hydrogens is 443 g/mol. The smallest absolute Gasteiger partial charge is 0.244 e. The molecule has 0 saturated carbocycles. The monoisotopic (exact) mass is 466 g/mol. The summed E-state index contributed by atoms with van der Waals surface area (Å²) in [5.74, 6) is 0.828. The number of nitrogens with zero attached hydrogens (tertiary/aromatic N) is 2. The van der Waals surface area contributed by atoms with Gasteiger partial charge < -0.3 is 20.7 Å². The number of fused-ring (bicyclic) bond motifs is 1. The van der Waals surface area contributed by atoms with Crippen molar-refractivity contribution in [2.75, 3.05) is 25.5 Å². The molecule has 0 atom stereocenters. The van der Waals surface area contributed by atoms with Gasteiger partial charge in [0.1, 0.15) is 12.3 Å². The van der Waals surface area contributed by atoms with E-state index in [1.54, 1.807) is 7.11 Å². The van der Waals surface area contributed by atoms with E-state index in [0.29, 0.717) is 24.5 Å². The molecule has 1 amide bonds. The molecule has 0 radical (unpaired) electrons. The highest BCUT2D eigenvalue weighted by Gasteiger charge is 2.19. The van der Waals surface area contributed by atoms with E-state index in [0.717, 1.165) is 6.42 Å². The number of para-hydroxylation sites is 2. The average Bonchev–Trinajstić information content (AvgIpc) is 2.66. The van der Waals surface area contributed by atoms with Crippen molar-refractivity contribution in [1.29, 1.82) is 0 Å². The number of hydrogen-bond donors (Lipinski definition) is 2. The van der Waals surface area contributed by atoms with Gasteiger partial charge in [0.25, 0.3) is 0 Å². The Morgan fingerprint density at radius 1 is 1.19 bits per heavy atom. The number of amides is 1. The number of nitrogens with one attached hydrogen (secondary N) is 1. The Labute approximate surface area is 170 Å². The van der Waals surface area contributed by atoms with Gasteiger partial charge in [-0.2, -0.15) is 0 Å². The van der Waals surface area contributed by atoms with Crippen LogP contribution in [0.3, 0.4) is 0 Å². The number of benzene rings is 2. The first-order chi connectivity index (χ1) is 12.2. The number of nitrogens with two attached hydrogens (primary N) is 1. The zero-order valence-corrected chi connectivity index (χ0v) is 17.0. The Morgan fingerprint density at radius 3 is 2.65 bits per heavy atom. The molecule has 0 fully saturated rings. The maximum absolute atomic E-state index is 12.4. The minimum absolute atomic E-state index is 0. The first kappa shape index (κ1) is 20.0. The quantitative estimate of drug-likeness (QED) is 0.413. The number of hydrogen-bond acceptors (Lipinski definition) is 3. The van der Waals surface area contributed by atoms with E-state index in [1.165, 1.54) is 11.1 Å². The Kier molecular flexibility index (Phi) is 7.26. The number of carbonyl (C=O) groups excluding carboxylic acids is 1. The van der Waals surface area contributed by atoms with Crippen LogP contribution in [0.25, 0.3) is 0 Å². The lowest BCUT2D eigenvalue weighted by Crippen LogP contribution is -2.38. The van der Waals surface area contributed by atoms with Crippen LogP contribution in [0.4, 0.5) is 5.69 Å².